The minimum absolute atomic E-state index is 0.0594. The lowest BCUT2D eigenvalue weighted by Crippen LogP contribution is -2.33. The zero-order valence-electron chi connectivity index (χ0n) is 17.0. The lowest BCUT2D eigenvalue weighted by Gasteiger charge is -2.23. The summed E-state index contributed by atoms with van der Waals surface area (Å²) in [5.41, 5.74) is 4.36. The fourth-order valence-corrected chi connectivity index (χ4v) is 2.91. The Balaban J connectivity index is 1.95. The van der Waals surface area contributed by atoms with Crippen LogP contribution in [-0.4, -0.2) is 18.4 Å². The van der Waals surface area contributed by atoms with Gasteiger partial charge in [-0.1, -0.05) is 57.2 Å². The highest BCUT2D eigenvalue weighted by molar-refractivity contribution is 5.92. The second kappa shape index (κ2) is 8.85. The van der Waals surface area contributed by atoms with Crippen molar-refractivity contribution in [2.45, 2.75) is 53.0 Å². The van der Waals surface area contributed by atoms with Crippen LogP contribution in [0, 0.1) is 6.92 Å². The fourth-order valence-electron chi connectivity index (χ4n) is 2.91. The van der Waals surface area contributed by atoms with Crippen LogP contribution in [-0.2, 0) is 21.5 Å². The van der Waals surface area contributed by atoms with Crippen molar-refractivity contribution < 1.29 is 9.59 Å². The number of carbonyl (C=O) groups is 2. The minimum atomic E-state index is -0.0646. The van der Waals surface area contributed by atoms with Crippen molar-refractivity contribution in [3.63, 3.8) is 0 Å². The molecule has 0 spiro atoms. The van der Waals surface area contributed by atoms with Crippen LogP contribution < -0.4 is 10.2 Å². The van der Waals surface area contributed by atoms with Crippen LogP contribution >= 0.6 is 0 Å². The summed E-state index contributed by atoms with van der Waals surface area (Å²) in [6.07, 6.45) is 0.270. The van der Waals surface area contributed by atoms with E-state index in [9.17, 15) is 9.59 Å². The Morgan fingerprint density at radius 3 is 2.19 bits per heavy atom. The van der Waals surface area contributed by atoms with E-state index in [1.165, 1.54) is 12.5 Å². The zero-order valence-corrected chi connectivity index (χ0v) is 17.0. The number of nitrogens with one attached hydrogen (secondary N) is 1. The Labute approximate surface area is 162 Å². The van der Waals surface area contributed by atoms with Crippen molar-refractivity contribution in [3.8, 4) is 0 Å². The van der Waals surface area contributed by atoms with E-state index in [1.807, 2.05) is 55.5 Å². The first-order valence-electron chi connectivity index (χ1n) is 9.38. The van der Waals surface area contributed by atoms with Gasteiger partial charge >= 0.3 is 0 Å². The van der Waals surface area contributed by atoms with E-state index in [2.05, 4.69) is 26.1 Å². The molecule has 2 rings (SSSR count). The van der Waals surface area contributed by atoms with Crippen molar-refractivity contribution in [1.29, 1.82) is 0 Å². The van der Waals surface area contributed by atoms with Gasteiger partial charge < -0.3 is 10.2 Å². The molecule has 0 aromatic heterocycles. The first-order chi connectivity index (χ1) is 12.7. The summed E-state index contributed by atoms with van der Waals surface area (Å²) in [6.45, 7) is 10.9. The number of nitrogens with zero attached hydrogens (tertiary/aromatic N) is 1. The number of rotatable bonds is 6. The normalized spacial score (nSPS) is 11.1. The number of amides is 2. The van der Waals surface area contributed by atoms with Crippen LogP contribution in [0.5, 0.6) is 0 Å². The molecule has 0 aliphatic carbocycles. The molecule has 0 atom stereocenters. The molecule has 0 bridgehead atoms. The maximum atomic E-state index is 12.2. The van der Waals surface area contributed by atoms with E-state index in [0.717, 1.165) is 16.8 Å². The largest absolute Gasteiger partial charge is 0.352 e. The standard InChI is InChI=1S/C23H30N2O2/c1-17-8-6-7-9-19(17)16-24-22(27)14-15-25(18(2)26)21-12-10-20(11-13-21)23(3,4)5/h6-13H,14-16H2,1-5H3,(H,24,27). The van der Waals surface area contributed by atoms with E-state index in [4.69, 9.17) is 0 Å². The summed E-state index contributed by atoms with van der Waals surface area (Å²) in [5.74, 6) is -0.124. The van der Waals surface area contributed by atoms with E-state index in [1.54, 1.807) is 4.90 Å². The molecule has 0 aliphatic rings. The number of anilines is 1. The molecule has 0 saturated carbocycles. The number of carbonyl (C=O) groups excluding carboxylic acids is 2. The average molecular weight is 367 g/mol. The monoisotopic (exact) mass is 366 g/mol. The summed E-state index contributed by atoms with van der Waals surface area (Å²) in [6, 6.07) is 16.0. The van der Waals surface area contributed by atoms with Gasteiger partial charge in [0, 0.05) is 32.1 Å². The van der Waals surface area contributed by atoms with Gasteiger partial charge in [0.15, 0.2) is 0 Å². The predicted molar refractivity (Wildman–Crippen MR) is 111 cm³/mol. The SMILES string of the molecule is CC(=O)N(CCC(=O)NCc1ccccc1C)c1ccc(C(C)(C)C)cc1. The van der Waals surface area contributed by atoms with Crippen molar-refractivity contribution in [2.75, 3.05) is 11.4 Å². The fraction of sp³-hybridized carbons (Fsp3) is 0.391. The zero-order chi connectivity index (χ0) is 20.0. The molecule has 4 nitrogen and oxygen atoms in total. The smallest absolute Gasteiger partial charge is 0.223 e. The van der Waals surface area contributed by atoms with Crippen LogP contribution in [0.15, 0.2) is 48.5 Å². The van der Waals surface area contributed by atoms with Crippen molar-refractivity contribution in [1.82, 2.24) is 5.32 Å². The molecule has 2 aromatic rings. The van der Waals surface area contributed by atoms with E-state index in [0.29, 0.717) is 13.1 Å². The molecule has 4 heteroatoms. The number of hydrogen-bond donors (Lipinski definition) is 1. The molecular weight excluding hydrogens is 336 g/mol. The highest BCUT2D eigenvalue weighted by Crippen LogP contribution is 2.25. The highest BCUT2D eigenvalue weighted by Gasteiger charge is 2.16. The summed E-state index contributed by atoms with van der Waals surface area (Å²) in [7, 11) is 0. The van der Waals surface area contributed by atoms with Gasteiger partial charge in [-0.05, 0) is 41.2 Å². The number of benzene rings is 2. The van der Waals surface area contributed by atoms with E-state index < -0.39 is 0 Å². The van der Waals surface area contributed by atoms with Crippen LogP contribution in [0.25, 0.3) is 0 Å². The molecule has 2 amide bonds. The topological polar surface area (TPSA) is 49.4 Å². The molecule has 2 aromatic carbocycles. The Kier molecular flexibility index (Phi) is 6.78. The van der Waals surface area contributed by atoms with Gasteiger partial charge in [0.25, 0.3) is 0 Å². The number of aryl methyl sites for hydroxylation is 1. The minimum Gasteiger partial charge on any atom is -0.352 e. The molecule has 0 aliphatic heterocycles. The maximum absolute atomic E-state index is 12.2. The molecule has 1 N–H and O–H groups in total. The Hall–Kier alpha value is -2.62. The van der Waals surface area contributed by atoms with Crippen LogP contribution in [0.3, 0.4) is 0 Å². The lowest BCUT2D eigenvalue weighted by molar-refractivity contribution is -0.121. The first-order valence-corrected chi connectivity index (χ1v) is 9.38. The number of hydrogen-bond acceptors (Lipinski definition) is 2. The van der Waals surface area contributed by atoms with Crippen LogP contribution in [0.1, 0.15) is 50.8 Å². The summed E-state index contributed by atoms with van der Waals surface area (Å²) >= 11 is 0. The second-order valence-corrected chi connectivity index (χ2v) is 7.92. The van der Waals surface area contributed by atoms with Crippen molar-refractivity contribution in [2.24, 2.45) is 0 Å². The predicted octanol–water partition coefficient (Wildman–Crippen LogP) is 4.35. The van der Waals surface area contributed by atoms with Crippen LogP contribution in [0.4, 0.5) is 5.69 Å². The first kappa shape index (κ1) is 20.7. The molecule has 0 unspecified atom stereocenters. The third-order valence-electron chi connectivity index (χ3n) is 4.72. The summed E-state index contributed by atoms with van der Waals surface area (Å²) in [5, 5.41) is 2.94. The van der Waals surface area contributed by atoms with Gasteiger partial charge in [-0.15, -0.1) is 0 Å². The quantitative estimate of drug-likeness (QED) is 0.826. The van der Waals surface area contributed by atoms with Gasteiger partial charge in [-0.2, -0.15) is 0 Å². The van der Waals surface area contributed by atoms with Gasteiger partial charge in [0.2, 0.25) is 11.8 Å². The third kappa shape index (κ3) is 5.95. The van der Waals surface area contributed by atoms with Gasteiger partial charge in [-0.25, -0.2) is 0 Å². The Bertz CT molecular complexity index is 789. The second-order valence-electron chi connectivity index (χ2n) is 7.92. The van der Waals surface area contributed by atoms with Gasteiger partial charge in [-0.3, -0.25) is 9.59 Å². The van der Waals surface area contributed by atoms with Gasteiger partial charge in [0.05, 0.1) is 0 Å². The molecule has 144 valence electrons. The molecule has 27 heavy (non-hydrogen) atoms. The highest BCUT2D eigenvalue weighted by atomic mass is 16.2. The summed E-state index contributed by atoms with van der Waals surface area (Å²) in [4.78, 5) is 25.9. The Morgan fingerprint density at radius 2 is 1.63 bits per heavy atom. The van der Waals surface area contributed by atoms with E-state index >= 15 is 0 Å². The Morgan fingerprint density at radius 1 is 1.00 bits per heavy atom. The lowest BCUT2D eigenvalue weighted by atomic mass is 9.87. The third-order valence-corrected chi connectivity index (χ3v) is 4.72. The molecule has 0 fully saturated rings. The van der Waals surface area contributed by atoms with Crippen molar-refractivity contribution >= 4 is 17.5 Å². The van der Waals surface area contributed by atoms with Crippen molar-refractivity contribution in [3.05, 3.63) is 65.2 Å². The summed E-state index contributed by atoms with van der Waals surface area (Å²) < 4.78 is 0. The average Bonchev–Trinajstić information content (AvgIpc) is 2.60. The molecule has 0 heterocycles. The molecular formula is C23H30N2O2. The van der Waals surface area contributed by atoms with E-state index in [-0.39, 0.29) is 23.7 Å². The van der Waals surface area contributed by atoms with Gasteiger partial charge in [0.1, 0.15) is 0 Å². The maximum Gasteiger partial charge on any atom is 0.223 e. The molecule has 0 saturated heterocycles. The molecule has 0 radical (unpaired) electrons. The van der Waals surface area contributed by atoms with Crippen LogP contribution in [0.2, 0.25) is 0 Å².